The summed E-state index contributed by atoms with van der Waals surface area (Å²) >= 11 is 1.64. The fraction of sp³-hybridized carbons (Fsp3) is 0.368. The minimum atomic E-state index is -0.223. The van der Waals surface area contributed by atoms with Crippen LogP contribution in [0, 0.1) is 18.3 Å². The normalized spacial score (nSPS) is 20.9. The van der Waals surface area contributed by atoms with Crippen molar-refractivity contribution in [3.05, 3.63) is 57.3 Å². The topological polar surface area (TPSA) is 52.9 Å². The molecule has 1 aliphatic heterocycles. The fourth-order valence-electron chi connectivity index (χ4n) is 3.27. The Labute approximate surface area is 141 Å². The molecule has 0 amide bonds. The van der Waals surface area contributed by atoms with E-state index in [0.717, 1.165) is 40.5 Å². The highest BCUT2D eigenvalue weighted by Crippen LogP contribution is 2.43. The van der Waals surface area contributed by atoms with Gasteiger partial charge in [-0.15, -0.1) is 11.8 Å². The van der Waals surface area contributed by atoms with Crippen LogP contribution >= 0.6 is 11.8 Å². The molecular formula is C19H20N2OS. The van der Waals surface area contributed by atoms with Crippen molar-refractivity contribution in [2.75, 3.05) is 5.75 Å². The summed E-state index contributed by atoms with van der Waals surface area (Å²) in [5.41, 5.74) is 4.71. The van der Waals surface area contributed by atoms with Gasteiger partial charge in [0, 0.05) is 17.7 Å². The average Bonchev–Trinajstić information content (AvgIpc) is 2.55. The maximum atomic E-state index is 12.6. The van der Waals surface area contributed by atoms with Crippen LogP contribution in [0.3, 0.4) is 0 Å². The molecule has 1 aromatic carbocycles. The number of Topliss-reactive ketones (excluding diaryl/α,β-unsaturated/α-hetero) is 1. The third-order valence-electron chi connectivity index (χ3n) is 4.36. The lowest BCUT2D eigenvalue weighted by atomic mass is 9.77. The van der Waals surface area contributed by atoms with Crippen molar-refractivity contribution < 1.29 is 4.79 Å². The van der Waals surface area contributed by atoms with Crippen LogP contribution in [0.4, 0.5) is 0 Å². The van der Waals surface area contributed by atoms with Crippen LogP contribution in [0.2, 0.25) is 0 Å². The minimum absolute atomic E-state index is 0.178. The number of aryl methyl sites for hydroxylation is 1. The van der Waals surface area contributed by atoms with Gasteiger partial charge in [0.2, 0.25) is 0 Å². The van der Waals surface area contributed by atoms with E-state index in [1.54, 1.807) is 11.8 Å². The van der Waals surface area contributed by atoms with E-state index < -0.39 is 0 Å². The van der Waals surface area contributed by atoms with E-state index in [4.69, 9.17) is 0 Å². The number of hydrogen-bond acceptors (Lipinski definition) is 4. The Morgan fingerprint density at radius 1 is 1.30 bits per heavy atom. The number of carbonyl (C=O) groups excluding carboxylic acids is 1. The molecule has 0 unspecified atom stereocenters. The van der Waals surface area contributed by atoms with Crippen molar-refractivity contribution >= 4 is 17.5 Å². The Bertz CT molecular complexity index is 738. The van der Waals surface area contributed by atoms with Crippen molar-refractivity contribution in [1.82, 2.24) is 5.32 Å². The quantitative estimate of drug-likeness (QED) is 0.906. The maximum Gasteiger partial charge on any atom is 0.161 e. The number of benzene rings is 1. The number of nitrogens with one attached hydrogen (secondary N) is 1. The molecule has 23 heavy (non-hydrogen) atoms. The zero-order valence-corrected chi connectivity index (χ0v) is 14.3. The number of nitriles is 1. The number of hydrogen-bond donors (Lipinski definition) is 1. The molecule has 0 radical (unpaired) electrons. The largest absolute Gasteiger partial charge is 0.352 e. The van der Waals surface area contributed by atoms with Gasteiger partial charge in [0.05, 0.1) is 22.6 Å². The summed E-state index contributed by atoms with van der Waals surface area (Å²) in [7, 11) is 0. The van der Waals surface area contributed by atoms with Gasteiger partial charge in [-0.1, -0.05) is 36.8 Å². The lowest BCUT2D eigenvalue weighted by Gasteiger charge is -2.33. The zero-order chi connectivity index (χ0) is 16.4. The molecule has 118 valence electrons. The number of rotatable bonds is 3. The highest BCUT2D eigenvalue weighted by molar-refractivity contribution is 8.03. The molecule has 0 aromatic heterocycles. The van der Waals surface area contributed by atoms with E-state index in [2.05, 4.69) is 18.3 Å². The summed E-state index contributed by atoms with van der Waals surface area (Å²) in [5.74, 6) is 0.848. The number of nitrogens with zero attached hydrogens (tertiary/aromatic N) is 1. The Morgan fingerprint density at radius 3 is 2.70 bits per heavy atom. The average molecular weight is 324 g/mol. The monoisotopic (exact) mass is 324 g/mol. The highest BCUT2D eigenvalue weighted by atomic mass is 32.2. The second-order valence-corrected chi connectivity index (χ2v) is 7.20. The number of carbonyl (C=O) groups is 1. The van der Waals surface area contributed by atoms with Crippen LogP contribution in [-0.4, -0.2) is 11.5 Å². The number of thioether (sulfide) groups is 1. The van der Waals surface area contributed by atoms with E-state index in [1.165, 1.54) is 5.56 Å². The van der Waals surface area contributed by atoms with Gasteiger partial charge in [-0.2, -0.15) is 5.26 Å². The van der Waals surface area contributed by atoms with Gasteiger partial charge in [0.1, 0.15) is 0 Å². The number of allylic oxidation sites excluding steroid dienone is 3. The standard InChI is InChI=1S/C19H20N2OS/c1-3-23-19-14(11-20)17(13-9-7-12(2)8-10-13)18-15(21-19)5-4-6-16(18)22/h7-10,17,21H,3-6H2,1-2H3/t17-/m0/s1. The van der Waals surface area contributed by atoms with Crippen molar-refractivity contribution in [3.63, 3.8) is 0 Å². The van der Waals surface area contributed by atoms with Crippen LogP contribution in [0.25, 0.3) is 0 Å². The molecule has 4 heteroatoms. The summed E-state index contributed by atoms with van der Waals surface area (Å²) in [6.07, 6.45) is 2.35. The summed E-state index contributed by atoms with van der Waals surface area (Å²) in [4.78, 5) is 12.6. The summed E-state index contributed by atoms with van der Waals surface area (Å²) in [6.45, 7) is 4.12. The molecule has 3 rings (SSSR count). The highest BCUT2D eigenvalue weighted by Gasteiger charge is 2.36. The second kappa shape index (κ2) is 6.64. The van der Waals surface area contributed by atoms with E-state index >= 15 is 0 Å². The molecule has 1 atom stereocenters. The predicted molar refractivity (Wildman–Crippen MR) is 93.7 cm³/mol. The molecule has 1 aromatic rings. The van der Waals surface area contributed by atoms with Crippen molar-refractivity contribution in [1.29, 1.82) is 5.26 Å². The van der Waals surface area contributed by atoms with Gasteiger partial charge < -0.3 is 5.32 Å². The molecule has 0 saturated heterocycles. The van der Waals surface area contributed by atoms with Crippen LogP contribution < -0.4 is 5.32 Å². The predicted octanol–water partition coefficient (Wildman–Crippen LogP) is 4.18. The molecule has 0 saturated carbocycles. The molecule has 1 N–H and O–H groups in total. The van der Waals surface area contributed by atoms with Gasteiger partial charge >= 0.3 is 0 Å². The van der Waals surface area contributed by atoms with Crippen molar-refractivity contribution in [2.24, 2.45) is 0 Å². The summed E-state index contributed by atoms with van der Waals surface area (Å²) < 4.78 is 0. The lowest BCUT2D eigenvalue weighted by molar-refractivity contribution is -0.116. The first-order valence-electron chi connectivity index (χ1n) is 8.02. The molecule has 3 nitrogen and oxygen atoms in total. The van der Waals surface area contributed by atoms with Crippen molar-refractivity contribution in [3.8, 4) is 6.07 Å². The minimum Gasteiger partial charge on any atom is -0.352 e. The lowest BCUT2D eigenvalue weighted by Crippen LogP contribution is -2.31. The van der Waals surface area contributed by atoms with Crippen LogP contribution in [0.15, 0.2) is 46.1 Å². The van der Waals surface area contributed by atoms with Crippen LogP contribution in [0.5, 0.6) is 0 Å². The van der Waals surface area contributed by atoms with Crippen molar-refractivity contribution in [2.45, 2.75) is 39.0 Å². The van der Waals surface area contributed by atoms with Gasteiger partial charge in [0.15, 0.2) is 5.78 Å². The summed E-state index contributed by atoms with van der Waals surface area (Å²) in [6, 6.07) is 10.6. The first kappa shape index (κ1) is 15.9. The number of ketones is 1. The van der Waals surface area contributed by atoms with Gasteiger partial charge in [-0.25, -0.2) is 0 Å². The SMILES string of the molecule is CCSC1=C(C#N)[C@H](c2ccc(C)cc2)C2=C(CCCC2=O)N1. The molecule has 0 spiro atoms. The molecule has 0 bridgehead atoms. The molecular weight excluding hydrogens is 304 g/mol. The Morgan fingerprint density at radius 2 is 2.04 bits per heavy atom. The third-order valence-corrected chi connectivity index (χ3v) is 5.26. The zero-order valence-electron chi connectivity index (χ0n) is 13.5. The first-order valence-corrected chi connectivity index (χ1v) is 9.01. The Kier molecular flexibility index (Phi) is 4.58. The molecule has 0 fully saturated rings. The summed E-state index contributed by atoms with van der Waals surface area (Å²) in [5, 5.41) is 14.0. The molecule has 2 aliphatic rings. The fourth-order valence-corrected chi connectivity index (χ4v) is 4.08. The Balaban J connectivity index is 2.16. The van der Waals surface area contributed by atoms with E-state index in [0.29, 0.717) is 12.0 Å². The van der Waals surface area contributed by atoms with Gasteiger partial charge in [-0.05, 0) is 31.1 Å². The maximum absolute atomic E-state index is 12.6. The van der Waals surface area contributed by atoms with E-state index in [9.17, 15) is 10.1 Å². The second-order valence-electron chi connectivity index (χ2n) is 5.93. The van der Waals surface area contributed by atoms with Gasteiger partial charge in [0.25, 0.3) is 0 Å². The van der Waals surface area contributed by atoms with E-state index in [1.807, 2.05) is 31.2 Å². The van der Waals surface area contributed by atoms with Crippen LogP contribution in [0.1, 0.15) is 43.2 Å². The molecule has 1 aliphatic carbocycles. The smallest absolute Gasteiger partial charge is 0.161 e. The Hall–Kier alpha value is -1.99. The number of dihydropyridines is 1. The first-order chi connectivity index (χ1) is 11.2. The third kappa shape index (κ3) is 2.94. The van der Waals surface area contributed by atoms with E-state index in [-0.39, 0.29) is 11.7 Å². The van der Waals surface area contributed by atoms with Crippen LogP contribution in [-0.2, 0) is 4.79 Å². The van der Waals surface area contributed by atoms with Gasteiger partial charge in [-0.3, -0.25) is 4.79 Å². The molecule has 1 heterocycles.